The van der Waals surface area contributed by atoms with Gasteiger partial charge >= 0.3 is 0 Å². The molecule has 2 aromatic carbocycles. The SMILES string of the molecule is Cc1ccc(-c2csc(/C(C#N)=C/Nc3ccccc3C(C)C)n2)cc1. The maximum absolute atomic E-state index is 9.56. The van der Waals surface area contributed by atoms with Gasteiger partial charge in [-0.05, 0) is 24.5 Å². The van der Waals surface area contributed by atoms with Gasteiger partial charge in [-0.25, -0.2) is 4.98 Å². The Kier molecular flexibility index (Phi) is 5.50. The summed E-state index contributed by atoms with van der Waals surface area (Å²) in [5.41, 5.74) is 5.95. The van der Waals surface area contributed by atoms with E-state index >= 15 is 0 Å². The van der Waals surface area contributed by atoms with Gasteiger partial charge in [-0.2, -0.15) is 5.26 Å². The van der Waals surface area contributed by atoms with E-state index in [2.05, 4.69) is 67.5 Å². The van der Waals surface area contributed by atoms with E-state index in [9.17, 15) is 5.26 Å². The van der Waals surface area contributed by atoms with Crippen molar-refractivity contribution in [3.8, 4) is 17.3 Å². The monoisotopic (exact) mass is 359 g/mol. The van der Waals surface area contributed by atoms with Crippen molar-refractivity contribution in [2.75, 3.05) is 5.32 Å². The summed E-state index contributed by atoms with van der Waals surface area (Å²) in [4.78, 5) is 4.64. The van der Waals surface area contributed by atoms with Crippen molar-refractivity contribution in [3.05, 3.63) is 76.2 Å². The first-order chi connectivity index (χ1) is 12.6. The number of aryl methyl sites for hydroxylation is 1. The molecule has 0 aliphatic rings. The van der Waals surface area contributed by atoms with Crippen LogP contribution in [-0.4, -0.2) is 4.98 Å². The molecule has 0 amide bonds. The molecule has 1 heterocycles. The lowest BCUT2D eigenvalue weighted by atomic mass is 10.0. The predicted octanol–water partition coefficient (Wildman–Crippen LogP) is 6.22. The van der Waals surface area contributed by atoms with Crippen molar-refractivity contribution in [1.82, 2.24) is 4.98 Å². The summed E-state index contributed by atoms with van der Waals surface area (Å²) in [6.45, 7) is 6.38. The molecule has 0 bridgehead atoms. The molecule has 0 radical (unpaired) electrons. The van der Waals surface area contributed by atoms with E-state index in [0.717, 1.165) is 22.0 Å². The van der Waals surface area contributed by atoms with E-state index in [1.54, 1.807) is 6.20 Å². The number of nitriles is 1. The Morgan fingerprint density at radius 3 is 2.58 bits per heavy atom. The third-order valence-corrected chi connectivity index (χ3v) is 5.03. The lowest BCUT2D eigenvalue weighted by molar-refractivity contribution is 0.869. The molecule has 3 nitrogen and oxygen atoms in total. The first-order valence-electron chi connectivity index (χ1n) is 8.57. The van der Waals surface area contributed by atoms with Crippen molar-refractivity contribution in [1.29, 1.82) is 5.26 Å². The normalized spacial score (nSPS) is 11.4. The fourth-order valence-corrected chi connectivity index (χ4v) is 3.47. The highest BCUT2D eigenvalue weighted by atomic mass is 32.1. The predicted molar refractivity (Wildman–Crippen MR) is 110 cm³/mol. The summed E-state index contributed by atoms with van der Waals surface area (Å²) in [7, 11) is 0. The first-order valence-corrected chi connectivity index (χ1v) is 9.45. The third-order valence-electron chi connectivity index (χ3n) is 4.16. The highest BCUT2D eigenvalue weighted by Gasteiger charge is 2.10. The Hall–Kier alpha value is -2.90. The number of benzene rings is 2. The number of nitrogens with one attached hydrogen (secondary N) is 1. The lowest BCUT2D eigenvalue weighted by Crippen LogP contribution is -1.97. The zero-order valence-electron chi connectivity index (χ0n) is 15.2. The van der Waals surface area contributed by atoms with Crippen molar-refractivity contribution in [2.24, 2.45) is 0 Å². The molecule has 0 aliphatic carbocycles. The van der Waals surface area contributed by atoms with Gasteiger partial charge in [-0.1, -0.05) is 61.9 Å². The van der Waals surface area contributed by atoms with Gasteiger partial charge in [-0.3, -0.25) is 0 Å². The van der Waals surface area contributed by atoms with Crippen LogP contribution in [0.25, 0.3) is 16.8 Å². The zero-order valence-corrected chi connectivity index (χ0v) is 16.0. The Morgan fingerprint density at radius 2 is 1.88 bits per heavy atom. The van der Waals surface area contributed by atoms with Gasteiger partial charge in [0.05, 0.1) is 5.69 Å². The fourth-order valence-electron chi connectivity index (χ4n) is 2.68. The summed E-state index contributed by atoms with van der Waals surface area (Å²) in [6.07, 6.45) is 1.75. The van der Waals surface area contributed by atoms with Crippen LogP contribution in [-0.2, 0) is 0 Å². The number of hydrogen-bond donors (Lipinski definition) is 1. The molecule has 1 N–H and O–H groups in total. The van der Waals surface area contributed by atoms with Crippen LogP contribution in [0.5, 0.6) is 0 Å². The second-order valence-corrected chi connectivity index (χ2v) is 7.32. The van der Waals surface area contributed by atoms with Crippen LogP contribution in [0.2, 0.25) is 0 Å². The van der Waals surface area contributed by atoms with Gasteiger partial charge < -0.3 is 5.32 Å². The third kappa shape index (κ3) is 4.01. The maximum Gasteiger partial charge on any atom is 0.136 e. The van der Waals surface area contributed by atoms with Crippen LogP contribution in [0.4, 0.5) is 5.69 Å². The van der Waals surface area contributed by atoms with Crippen molar-refractivity contribution in [3.63, 3.8) is 0 Å². The molecule has 130 valence electrons. The minimum atomic E-state index is 0.408. The molecule has 1 aromatic heterocycles. The number of anilines is 1. The van der Waals surface area contributed by atoms with Crippen LogP contribution in [0.15, 0.2) is 60.1 Å². The van der Waals surface area contributed by atoms with Crippen LogP contribution >= 0.6 is 11.3 Å². The molecule has 0 saturated heterocycles. The van der Waals surface area contributed by atoms with Gasteiger partial charge in [0, 0.05) is 22.8 Å². The van der Waals surface area contributed by atoms with E-state index in [-0.39, 0.29) is 0 Å². The number of aromatic nitrogens is 1. The Morgan fingerprint density at radius 1 is 1.15 bits per heavy atom. The van der Waals surface area contributed by atoms with Gasteiger partial charge in [-0.15, -0.1) is 11.3 Å². The average Bonchev–Trinajstić information content (AvgIpc) is 3.13. The molecule has 0 spiro atoms. The second-order valence-electron chi connectivity index (χ2n) is 6.46. The van der Waals surface area contributed by atoms with E-state index in [1.165, 1.54) is 22.5 Å². The molecule has 26 heavy (non-hydrogen) atoms. The molecule has 0 aliphatic heterocycles. The summed E-state index contributed by atoms with van der Waals surface area (Å²) in [5, 5.41) is 15.6. The van der Waals surface area contributed by atoms with E-state index in [4.69, 9.17) is 0 Å². The number of thiazole rings is 1. The zero-order chi connectivity index (χ0) is 18.5. The highest BCUT2D eigenvalue weighted by molar-refractivity contribution is 7.11. The maximum atomic E-state index is 9.56. The largest absolute Gasteiger partial charge is 0.360 e. The Bertz CT molecular complexity index is 960. The topological polar surface area (TPSA) is 48.7 Å². The van der Waals surface area contributed by atoms with E-state index in [1.807, 2.05) is 23.6 Å². The Balaban J connectivity index is 1.85. The highest BCUT2D eigenvalue weighted by Crippen LogP contribution is 2.28. The lowest BCUT2D eigenvalue weighted by Gasteiger charge is -2.12. The molecule has 4 heteroatoms. The first kappa shape index (κ1) is 17.9. The van der Waals surface area contributed by atoms with Gasteiger partial charge in [0.25, 0.3) is 0 Å². The fraction of sp³-hybridized carbons (Fsp3) is 0.182. The van der Waals surface area contributed by atoms with Gasteiger partial charge in [0.1, 0.15) is 16.6 Å². The molecule has 0 atom stereocenters. The summed E-state index contributed by atoms with van der Waals surface area (Å²) >= 11 is 1.49. The summed E-state index contributed by atoms with van der Waals surface area (Å²) in [5.74, 6) is 0.408. The number of hydrogen-bond acceptors (Lipinski definition) is 4. The molecular formula is C22H21N3S. The van der Waals surface area contributed by atoms with Gasteiger partial charge in [0.15, 0.2) is 0 Å². The number of nitrogens with zero attached hydrogens (tertiary/aromatic N) is 2. The van der Waals surface area contributed by atoms with Crippen LogP contribution in [0, 0.1) is 18.3 Å². The Labute approximate surface area is 158 Å². The summed E-state index contributed by atoms with van der Waals surface area (Å²) in [6, 6.07) is 18.7. The molecule has 0 fully saturated rings. The smallest absolute Gasteiger partial charge is 0.136 e. The van der Waals surface area contributed by atoms with Crippen LogP contribution < -0.4 is 5.32 Å². The number of para-hydroxylation sites is 1. The molecular weight excluding hydrogens is 338 g/mol. The minimum absolute atomic E-state index is 0.408. The molecule has 0 saturated carbocycles. The molecule has 0 unspecified atom stereocenters. The molecule has 3 rings (SSSR count). The summed E-state index contributed by atoms with van der Waals surface area (Å²) < 4.78 is 0. The number of allylic oxidation sites excluding steroid dienone is 1. The van der Waals surface area contributed by atoms with E-state index < -0.39 is 0 Å². The van der Waals surface area contributed by atoms with E-state index in [0.29, 0.717) is 11.5 Å². The van der Waals surface area contributed by atoms with Crippen molar-refractivity contribution < 1.29 is 0 Å². The minimum Gasteiger partial charge on any atom is -0.360 e. The van der Waals surface area contributed by atoms with Crippen LogP contribution in [0.3, 0.4) is 0 Å². The quantitative estimate of drug-likeness (QED) is 0.550. The van der Waals surface area contributed by atoms with Crippen LogP contribution in [0.1, 0.15) is 35.9 Å². The second kappa shape index (κ2) is 7.99. The number of rotatable bonds is 5. The molecule has 3 aromatic rings. The average molecular weight is 359 g/mol. The van der Waals surface area contributed by atoms with Crippen molar-refractivity contribution in [2.45, 2.75) is 26.7 Å². The van der Waals surface area contributed by atoms with Gasteiger partial charge in [0.2, 0.25) is 0 Å². The standard InChI is InChI=1S/C22H21N3S/c1-15(2)19-6-4-5-7-20(19)24-13-18(12-23)22-25-21(14-26-22)17-10-8-16(3)9-11-17/h4-11,13-15,24H,1-3H3/b18-13+. The van der Waals surface area contributed by atoms with Crippen molar-refractivity contribution >= 4 is 22.6 Å².